The highest BCUT2D eigenvalue weighted by atomic mass is 79.9. The third-order valence-corrected chi connectivity index (χ3v) is 8.20. The number of hydrogen-bond acceptors (Lipinski definition) is 3. The fourth-order valence-corrected chi connectivity index (χ4v) is 5.79. The number of nitrogens with one attached hydrogen (secondary N) is 1. The molecule has 0 spiro atoms. The van der Waals surface area contributed by atoms with E-state index in [1.807, 2.05) is 54.6 Å². The van der Waals surface area contributed by atoms with Gasteiger partial charge >= 0.3 is 0 Å². The normalized spacial score (nSPS) is 14.3. The Kier molecular flexibility index (Phi) is 10.2. The molecule has 1 atom stereocenters. The Morgan fingerprint density at radius 3 is 2.32 bits per heavy atom. The molecule has 3 aromatic carbocycles. The van der Waals surface area contributed by atoms with Crippen LogP contribution >= 0.6 is 27.7 Å². The first kappa shape index (κ1) is 27.4. The topological polar surface area (TPSA) is 49.4 Å². The second kappa shape index (κ2) is 13.8. The molecule has 1 N–H and O–H groups in total. The van der Waals surface area contributed by atoms with Crippen LogP contribution in [-0.4, -0.2) is 34.6 Å². The monoisotopic (exact) mass is 582 g/mol. The molecule has 1 aliphatic rings. The molecule has 194 valence electrons. The molecule has 0 bridgehead atoms. The van der Waals surface area contributed by atoms with Crippen molar-refractivity contribution in [1.82, 2.24) is 10.2 Å². The average Bonchev–Trinajstić information content (AvgIpc) is 3.42. The van der Waals surface area contributed by atoms with Crippen LogP contribution in [0.5, 0.6) is 0 Å². The van der Waals surface area contributed by atoms with Gasteiger partial charge in [0.05, 0.1) is 5.75 Å². The molecular weight excluding hydrogens is 551 g/mol. The summed E-state index contributed by atoms with van der Waals surface area (Å²) in [6.45, 7) is 0.0416. The Morgan fingerprint density at radius 1 is 0.946 bits per heavy atom. The minimum atomic E-state index is -0.733. The Bertz CT molecular complexity index is 1170. The summed E-state index contributed by atoms with van der Waals surface area (Å²) in [7, 11) is 0. The highest BCUT2D eigenvalue weighted by Crippen LogP contribution is 2.22. The van der Waals surface area contributed by atoms with Crippen LogP contribution in [0.4, 0.5) is 4.39 Å². The van der Waals surface area contributed by atoms with Crippen LogP contribution < -0.4 is 5.32 Å². The number of thioether (sulfide) groups is 1. The number of nitrogens with zero attached hydrogens (tertiary/aromatic N) is 1. The van der Waals surface area contributed by atoms with Crippen LogP contribution in [0, 0.1) is 5.82 Å². The van der Waals surface area contributed by atoms with E-state index in [-0.39, 0.29) is 36.0 Å². The zero-order valence-corrected chi connectivity index (χ0v) is 23.1. The van der Waals surface area contributed by atoms with E-state index in [4.69, 9.17) is 0 Å². The van der Waals surface area contributed by atoms with Gasteiger partial charge in [-0.1, -0.05) is 89.4 Å². The fourth-order valence-electron chi connectivity index (χ4n) is 4.65. The lowest BCUT2D eigenvalue weighted by Crippen LogP contribution is -2.52. The number of benzene rings is 3. The van der Waals surface area contributed by atoms with Gasteiger partial charge in [-0.3, -0.25) is 9.59 Å². The van der Waals surface area contributed by atoms with Gasteiger partial charge in [-0.25, -0.2) is 4.39 Å². The summed E-state index contributed by atoms with van der Waals surface area (Å²) in [5, 5.41) is 3.18. The van der Waals surface area contributed by atoms with Crippen molar-refractivity contribution in [1.29, 1.82) is 0 Å². The van der Waals surface area contributed by atoms with Gasteiger partial charge in [0.2, 0.25) is 11.8 Å². The van der Waals surface area contributed by atoms with Crippen molar-refractivity contribution < 1.29 is 14.0 Å². The molecule has 2 amide bonds. The summed E-state index contributed by atoms with van der Waals surface area (Å²) in [6.07, 6.45) is 4.47. The molecule has 0 unspecified atom stereocenters. The van der Waals surface area contributed by atoms with Crippen LogP contribution in [0.25, 0.3) is 0 Å². The molecule has 0 aliphatic heterocycles. The van der Waals surface area contributed by atoms with Gasteiger partial charge < -0.3 is 10.2 Å². The number of hydrogen-bond donors (Lipinski definition) is 1. The first-order valence-electron chi connectivity index (χ1n) is 12.7. The molecule has 0 aromatic heterocycles. The zero-order chi connectivity index (χ0) is 26.0. The fraction of sp³-hybridized carbons (Fsp3) is 0.333. The highest BCUT2D eigenvalue weighted by Gasteiger charge is 2.32. The van der Waals surface area contributed by atoms with Crippen LogP contribution in [-0.2, 0) is 28.3 Å². The summed E-state index contributed by atoms with van der Waals surface area (Å²) in [4.78, 5) is 28.9. The number of amides is 2. The van der Waals surface area contributed by atoms with Gasteiger partial charge in [0.15, 0.2) is 0 Å². The van der Waals surface area contributed by atoms with E-state index >= 15 is 0 Å². The second-order valence-corrected chi connectivity index (χ2v) is 11.3. The number of halogens is 2. The molecule has 4 rings (SSSR count). The van der Waals surface area contributed by atoms with E-state index in [0.29, 0.717) is 17.7 Å². The Hall–Kier alpha value is -2.64. The van der Waals surface area contributed by atoms with Crippen LogP contribution in [0.2, 0.25) is 0 Å². The summed E-state index contributed by atoms with van der Waals surface area (Å²) >= 11 is 4.94. The van der Waals surface area contributed by atoms with Crippen LogP contribution in [0.3, 0.4) is 0 Å². The van der Waals surface area contributed by atoms with Crippen molar-refractivity contribution >= 4 is 39.5 Å². The van der Waals surface area contributed by atoms with E-state index in [9.17, 15) is 14.0 Å². The minimum Gasteiger partial charge on any atom is -0.352 e. The largest absolute Gasteiger partial charge is 0.352 e. The molecule has 0 heterocycles. The predicted molar refractivity (Wildman–Crippen MR) is 152 cm³/mol. The van der Waals surface area contributed by atoms with Crippen molar-refractivity contribution in [3.63, 3.8) is 0 Å². The van der Waals surface area contributed by atoms with Crippen LogP contribution in [0.1, 0.15) is 42.4 Å². The second-order valence-electron chi connectivity index (χ2n) is 9.43. The van der Waals surface area contributed by atoms with E-state index < -0.39 is 6.04 Å². The maximum Gasteiger partial charge on any atom is 0.243 e. The van der Waals surface area contributed by atoms with Crippen molar-refractivity contribution in [2.45, 2.75) is 56.5 Å². The van der Waals surface area contributed by atoms with Gasteiger partial charge in [0.1, 0.15) is 11.9 Å². The molecule has 0 saturated heterocycles. The summed E-state index contributed by atoms with van der Waals surface area (Å²) in [6, 6.07) is 23.6. The molecular formula is C30H32BrFN2O2S. The smallest absolute Gasteiger partial charge is 0.243 e. The first-order valence-corrected chi connectivity index (χ1v) is 14.6. The lowest BCUT2D eigenvalue weighted by Gasteiger charge is -2.32. The van der Waals surface area contributed by atoms with Crippen molar-refractivity contribution in [2.24, 2.45) is 0 Å². The molecule has 37 heavy (non-hydrogen) atoms. The standard InChI is InChI=1S/C30H32BrFN2O2S/c31-25-16-14-23(15-17-25)20-37-21-29(35)34(19-24-10-4-7-13-27(24)32)28(18-22-8-2-1-3-9-22)30(36)33-26-11-5-6-12-26/h1-4,7-10,13-17,26,28H,5-6,11-12,18-21H2,(H,33,36)/t28-/m1/s1. The Balaban J connectivity index is 1.56. The number of carbonyl (C=O) groups is 2. The predicted octanol–water partition coefficient (Wildman–Crippen LogP) is 6.52. The lowest BCUT2D eigenvalue weighted by molar-refractivity contribution is -0.139. The van der Waals surface area contributed by atoms with Gasteiger partial charge in [-0.15, -0.1) is 11.8 Å². The minimum absolute atomic E-state index is 0.0416. The molecule has 1 fully saturated rings. The molecule has 4 nitrogen and oxygen atoms in total. The average molecular weight is 584 g/mol. The maximum atomic E-state index is 14.7. The number of carbonyl (C=O) groups excluding carboxylic acids is 2. The summed E-state index contributed by atoms with van der Waals surface area (Å²) < 4.78 is 15.7. The molecule has 7 heteroatoms. The third kappa shape index (κ3) is 8.17. The SMILES string of the molecule is O=C(NC1CCCC1)[C@@H](Cc1ccccc1)N(Cc1ccccc1F)C(=O)CSCc1ccc(Br)cc1. The molecule has 1 saturated carbocycles. The van der Waals surface area contributed by atoms with Crippen molar-refractivity contribution in [3.8, 4) is 0 Å². The molecule has 3 aromatic rings. The number of rotatable bonds is 11. The quantitative estimate of drug-likeness (QED) is 0.280. The van der Waals surface area contributed by atoms with E-state index in [1.54, 1.807) is 23.1 Å². The zero-order valence-electron chi connectivity index (χ0n) is 20.7. The van der Waals surface area contributed by atoms with Crippen molar-refractivity contribution in [2.75, 3.05) is 5.75 Å². The summed E-state index contributed by atoms with van der Waals surface area (Å²) in [5.74, 6) is 0.153. The van der Waals surface area contributed by atoms with E-state index in [1.165, 1.54) is 17.8 Å². The van der Waals surface area contributed by atoms with E-state index in [0.717, 1.165) is 41.3 Å². The van der Waals surface area contributed by atoms with E-state index in [2.05, 4.69) is 21.2 Å². The molecule has 1 aliphatic carbocycles. The summed E-state index contributed by atoms with van der Waals surface area (Å²) in [5.41, 5.74) is 2.48. The molecule has 0 radical (unpaired) electrons. The van der Waals surface area contributed by atoms with Gasteiger partial charge in [-0.2, -0.15) is 0 Å². The van der Waals surface area contributed by atoms with Gasteiger partial charge in [-0.05, 0) is 42.2 Å². The first-order chi connectivity index (χ1) is 18.0. The third-order valence-electron chi connectivity index (χ3n) is 6.68. The van der Waals surface area contributed by atoms with Crippen LogP contribution in [0.15, 0.2) is 83.3 Å². The lowest BCUT2D eigenvalue weighted by atomic mass is 10.0. The van der Waals surface area contributed by atoms with Gasteiger partial charge in [0, 0.05) is 34.8 Å². The highest BCUT2D eigenvalue weighted by molar-refractivity contribution is 9.10. The Labute approximate surface area is 231 Å². The van der Waals surface area contributed by atoms with Crippen molar-refractivity contribution in [3.05, 3.63) is 106 Å². The maximum absolute atomic E-state index is 14.7. The van der Waals surface area contributed by atoms with Gasteiger partial charge in [0.25, 0.3) is 0 Å². The Morgan fingerprint density at radius 2 is 1.62 bits per heavy atom.